The number of rotatable bonds is 8. The van der Waals surface area contributed by atoms with Crippen molar-refractivity contribution in [2.24, 2.45) is 5.41 Å². The van der Waals surface area contributed by atoms with Crippen LogP contribution in [0.15, 0.2) is 24.3 Å². The van der Waals surface area contributed by atoms with E-state index in [0.29, 0.717) is 12.3 Å². The third kappa shape index (κ3) is 4.85. The fourth-order valence-corrected chi connectivity index (χ4v) is 1.97. The van der Waals surface area contributed by atoms with Gasteiger partial charge < -0.3 is 15.2 Å². The van der Waals surface area contributed by atoms with Crippen molar-refractivity contribution in [1.82, 2.24) is 5.32 Å². The average Bonchev–Trinajstić information content (AvgIpc) is 2.47. The molecule has 0 atom stereocenters. The van der Waals surface area contributed by atoms with Crippen molar-refractivity contribution in [3.05, 3.63) is 29.8 Å². The minimum Gasteiger partial charge on any atom is -0.484 e. The van der Waals surface area contributed by atoms with Crippen molar-refractivity contribution in [2.45, 2.75) is 33.6 Å². The molecule has 4 heteroatoms. The molecule has 0 fully saturated rings. The van der Waals surface area contributed by atoms with Gasteiger partial charge in [0.25, 0.3) is 5.91 Å². The summed E-state index contributed by atoms with van der Waals surface area (Å²) in [6.45, 7) is 6.58. The van der Waals surface area contributed by atoms with Gasteiger partial charge in [-0.2, -0.15) is 0 Å². The second kappa shape index (κ2) is 7.90. The van der Waals surface area contributed by atoms with E-state index in [0.717, 1.165) is 18.4 Å². The Balaban J connectivity index is 2.40. The molecule has 0 saturated heterocycles. The third-order valence-electron chi connectivity index (χ3n) is 3.86. The van der Waals surface area contributed by atoms with Crippen molar-refractivity contribution < 1.29 is 14.6 Å². The lowest BCUT2D eigenvalue weighted by Gasteiger charge is -2.29. The summed E-state index contributed by atoms with van der Waals surface area (Å²) < 4.78 is 5.44. The molecule has 0 aromatic heterocycles. The molecule has 1 aromatic rings. The van der Waals surface area contributed by atoms with Crippen LogP contribution in [-0.2, 0) is 4.79 Å². The molecule has 1 rings (SSSR count). The molecule has 0 aliphatic heterocycles. The molecule has 1 aromatic carbocycles. The molecule has 0 heterocycles. The summed E-state index contributed by atoms with van der Waals surface area (Å²) in [6.07, 6.45) is 1.66. The van der Waals surface area contributed by atoms with Gasteiger partial charge >= 0.3 is 0 Å². The van der Waals surface area contributed by atoms with Crippen molar-refractivity contribution in [1.29, 1.82) is 0 Å². The Labute approximate surface area is 121 Å². The van der Waals surface area contributed by atoms with E-state index in [1.807, 2.05) is 45.0 Å². The summed E-state index contributed by atoms with van der Waals surface area (Å²) in [5.41, 5.74) is 0.873. The maximum atomic E-state index is 11.8. The molecular weight excluding hydrogens is 254 g/mol. The lowest BCUT2D eigenvalue weighted by molar-refractivity contribution is -0.123. The quantitative estimate of drug-likeness (QED) is 0.767. The Morgan fingerprint density at radius 3 is 2.60 bits per heavy atom. The molecule has 0 saturated carbocycles. The Kier molecular flexibility index (Phi) is 6.52. The van der Waals surface area contributed by atoms with Crippen molar-refractivity contribution in [3.8, 4) is 5.75 Å². The number of hydrogen-bond donors (Lipinski definition) is 2. The Hall–Kier alpha value is -1.55. The van der Waals surface area contributed by atoms with Crippen LogP contribution in [0.2, 0.25) is 0 Å². The summed E-state index contributed by atoms with van der Waals surface area (Å²) in [5, 5.41) is 12.3. The molecule has 112 valence electrons. The third-order valence-corrected chi connectivity index (χ3v) is 3.86. The highest BCUT2D eigenvalue weighted by Crippen LogP contribution is 2.24. The molecule has 1 amide bonds. The van der Waals surface area contributed by atoms with Crippen LogP contribution < -0.4 is 10.1 Å². The monoisotopic (exact) mass is 279 g/mol. The van der Waals surface area contributed by atoms with Crippen LogP contribution in [0, 0.1) is 12.3 Å². The lowest BCUT2D eigenvalue weighted by atomic mass is 9.83. The number of hydrogen-bond acceptors (Lipinski definition) is 3. The van der Waals surface area contributed by atoms with Gasteiger partial charge in [-0.05, 0) is 37.5 Å². The van der Waals surface area contributed by atoms with Crippen molar-refractivity contribution in [3.63, 3.8) is 0 Å². The van der Waals surface area contributed by atoms with Crippen LogP contribution in [0.4, 0.5) is 0 Å². The SMILES string of the molecule is CCC(CC)(CO)CNC(=O)COc1cccc(C)c1. The van der Waals surface area contributed by atoms with Crippen molar-refractivity contribution in [2.75, 3.05) is 19.8 Å². The summed E-state index contributed by atoms with van der Waals surface area (Å²) >= 11 is 0. The van der Waals surface area contributed by atoms with Crippen LogP contribution in [0.1, 0.15) is 32.3 Å². The molecule has 2 N–H and O–H groups in total. The zero-order valence-electron chi connectivity index (χ0n) is 12.6. The lowest BCUT2D eigenvalue weighted by Crippen LogP contribution is -2.41. The van der Waals surface area contributed by atoms with E-state index < -0.39 is 0 Å². The van der Waals surface area contributed by atoms with Crippen LogP contribution in [0.25, 0.3) is 0 Å². The first kappa shape index (κ1) is 16.5. The minimum atomic E-state index is -0.223. The van der Waals surface area contributed by atoms with Crippen molar-refractivity contribution >= 4 is 5.91 Å². The number of carbonyl (C=O) groups excluding carboxylic acids is 1. The highest BCUT2D eigenvalue weighted by Gasteiger charge is 2.25. The topological polar surface area (TPSA) is 58.6 Å². The standard InChI is InChI=1S/C16H25NO3/c1-4-16(5-2,12-18)11-17-15(19)10-20-14-8-6-7-13(3)9-14/h6-9,18H,4-5,10-12H2,1-3H3,(H,17,19). The molecule has 0 unspecified atom stereocenters. The first-order chi connectivity index (χ1) is 9.55. The minimum absolute atomic E-state index is 0.00160. The number of carbonyl (C=O) groups is 1. The van der Waals surface area contributed by atoms with Gasteiger partial charge in [-0.3, -0.25) is 4.79 Å². The average molecular weight is 279 g/mol. The number of aryl methyl sites for hydroxylation is 1. The van der Waals surface area contributed by atoms with Gasteiger partial charge in [-0.25, -0.2) is 0 Å². The second-order valence-electron chi connectivity index (χ2n) is 5.25. The molecule has 20 heavy (non-hydrogen) atoms. The molecule has 0 aliphatic rings. The summed E-state index contributed by atoms with van der Waals surface area (Å²) in [6, 6.07) is 7.60. The molecule has 0 spiro atoms. The smallest absolute Gasteiger partial charge is 0.257 e. The number of nitrogens with one attached hydrogen (secondary N) is 1. The highest BCUT2D eigenvalue weighted by molar-refractivity contribution is 5.77. The molecular formula is C16H25NO3. The molecule has 4 nitrogen and oxygen atoms in total. The first-order valence-corrected chi connectivity index (χ1v) is 7.12. The zero-order valence-corrected chi connectivity index (χ0v) is 12.6. The summed E-state index contributed by atoms with van der Waals surface area (Å²) in [7, 11) is 0. The van der Waals surface area contributed by atoms with E-state index in [4.69, 9.17) is 4.74 Å². The first-order valence-electron chi connectivity index (χ1n) is 7.12. The van der Waals surface area contributed by atoms with Crippen LogP contribution >= 0.6 is 0 Å². The van der Waals surface area contributed by atoms with Gasteiger partial charge in [-0.15, -0.1) is 0 Å². The van der Waals surface area contributed by atoms with Gasteiger partial charge in [0.2, 0.25) is 0 Å². The van der Waals surface area contributed by atoms with Gasteiger partial charge in [0, 0.05) is 12.0 Å². The van der Waals surface area contributed by atoms with Gasteiger partial charge in [0.05, 0.1) is 6.61 Å². The van der Waals surface area contributed by atoms with E-state index in [1.54, 1.807) is 0 Å². The Bertz CT molecular complexity index is 419. The molecule has 0 aliphatic carbocycles. The van der Waals surface area contributed by atoms with E-state index in [1.165, 1.54) is 0 Å². The Morgan fingerprint density at radius 2 is 2.05 bits per heavy atom. The van der Waals surface area contributed by atoms with Crippen LogP contribution in [-0.4, -0.2) is 30.8 Å². The van der Waals surface area contributed by atoms with E-state index in [2.05, 4.69) is 5.32 Å². The van der Waals surface area contributed by atoms with Crippen LogP contribution in [0.5, 0.6) is 5.75 Å². The molecule has 0 bridgehead atoms. The number of aliphatic hydroxyl groups excluding tert-OH is 1. The number of amides is 1. The fourth-order valence-electron chi connectivity index (χ4n) is 1.97. The predicted octanol–water partition coefficient (Wildman–Crippen LogP) is 2.29. The molecule has 0 radical (unpaired) electrons. The normalized spacial score (nSPS) is 11.2. The Morgan fingerprint density at radius 1 is 1.35 bits per heavy atom. The maximum absolute atomic E-state index is 11.8. The van der Waals surface area contributed by atoms with Gasteiger partial charge in [0.15, 0.2) is 6.61 Å². The number of ether oxygens (including phenoxy) is 1. The highest BCUT2D eigenvalue weighted by atomic mass is 16.5. The van der Waals surface area contributed by atoms with E-state index >= 15 is 0 Å². The van der Waals surface area contributed by atoms with E-state index in [9.17, 15) is 9.90 Å². The fraction of sp³-hybridized carbons (Fsp3) is 0.562. The second-order valence-corrected chi connectivity index (χ2v) is 5.25. The van der Waals surface area contributed by atoms with Gasteiger partial charge in [-0.1, -0.05) is 26.0 Å². The maximum Gasteiger partial charge on any atom is 0.257 e. The van der Waals surface area contributed by atoms with Gasteiger partial charge in [0.1, 0.15) is 5.75 Å². The summed E-state index contributed by atoms with van der Waals surface area (Å²) in [4.78, 5) is 11.8. The number of benzene rings is 1. The largest absolute Gasteiger partial charge is 0.484 e. The zero-order chi connectivity index (χ0) is 15.0. The van der Waals surface area contributed by atoms with Crippen LogP contribution in [0.3, 0.4) is 0 Å². The number of aliphatic hydroxyl groups is 1. The summed E-state index contributed by atoms with van der Waals surface area (Å²) in [5.74, 6) is 0.533. The van der Waals surface area contributed by atoms with E-state index in [-0.39, 0.29) is 24.5 Å². The predicted molar refractivity (Wildman–Crippen MR) is 79.8 cm³/mol.